The second kappa shape index (κ2) is 41.0. The molecular weight excluding hydrogens is 739 g/mol. The van der Waals surface area contributed by atoms with Gasteiger partial charge in [0.15, 0.2) is 12.1 Å². The van der Waals surface area contributed by atoms with E-state index >= 15 is 0 Å². The first-order chi connectivity index (χ1) is 28.6. The largest absolute Gasteiger partial charge is 0.477 e. The second-order valence-corrected chi connectivity index (χ2v) is 15.9. The number of hydrogen-bond acceptors (Lipinski definition) is 6. The molecule has 0 saturated heterocycles. The number of carbonyl (C=O) groups is 3. The predicted octanol–water partition coefficient (Wildman–Crippen LogP) is 12.7. The summed E-state index contributed by atoms with van der Waals surface area (Å²) in [6.45, 7) is 4.44. The van der Waals surface area contributed by atoms with Crippen molar-refractivity contribution in [1.29, 1.82) is 0 Å². The van der Waals surface area contributed by atoms with Gasteiger partial charge in [-0.3, -0.25) is 9.59 Å². The van der Waals surface area contributed by atoms with Crippen LogP contribution < -0.4 is 0 Å². The van der Waals surface area contributed by atoms with Gasteiger partial charge >= 0.3 is 17.9 Å². The summed E-state index contributed by atoms with van der Waals surface area (Å²) in [5.41, 5.74) is 0. The summed E-state index contributed by atoms with van der Waals surface area (Å²) in [5.74, 6) is -1.55. The molecule has 0 heterocycles. The number of aliphatic carboxylic acids is 1. The molecule has 0 aromatic heterocycles. The van der Waals surface area contributed by atoms with Crippen molar-refractivity contribution in [3.63, 3.8) is 0 Å². The third kappa shape index (κ3) is 39.5. The molecule has 0 fully saturated rings. The van der Waals surface area contributed by atoms with Crippen LogP contribution in [0.5, 0.6) is 0 Å². The number of esters is 2. The average molecular weight is 823 g/mol. The van der Waals surface area contributed by atoms with E-state index in [0.29, 0.717) is 25.7 Å². The second-order valence-electron chi connectivity index (χ2n) is 15.9. The first-order valence-corrected chi connectivity index (χ1v) is 22.8. The number of carboxylic acids is 1. The number of carboxylic acid groups (broad SMARTS) is 1. The molecule has 0 bridgehead atoms. The topological polar surface area (TPSA) is 99.1 Å². The lowest BCUT2D eigenvalue weighted by molar-refractivity contribution is -0.887. The summed E-state index contributed by atoms with van der Waals surface area (Å²) in [5, 5.41) is 9.62. The Balaban J connectivity index is 4.42. The molecule has 8 nitrogen and oxygen atoms in total. The SMILES string of the molecule is CC/C=C/C/C=C/C/C=C/C/C=C/C/C=C/C/C=C/CCCCC(=O)OCC(COCCC(C(=O)O)[N+](C)(C)C)OC(=O)CCCCCCCCC/C=C/C/C=C/CC. The number of unbranched alkanes of at least 4 members (excludes halogenated alkanes) is 9. The molecular formula is C51H84NO7+. The summed E-state index contributed by atoms with van der Waals surface area (Å²) in [6, 6.07) is -0.628. The van der Waals surface area contributed by atoms with Crippen LogP contribution in [0.1, 0.15) is 155 Å². The Bertz CT molecular complexity index is 1280. The van der Waals surface area contributed by atoms with Crippen molar-refractivity contribution in [2.45, 2.75) is 167 Å². The molecule has 0 radical (unpaired) electrons. The van der Waals surface area contributed by atoms with Gasteiger partial charge < -0.3 is 23.8 Å². The Morgan fingerprint density at radius 3 is 1.36 bits per heavy atom. The number of nitrogens with zero attached hydrogens (tertiary/aromatic N) is 1. The lowest BCUT2D eigenvalue weighted by atomic mass is 10.1. The highest BCUT2D eigenvalue weighted by Crippen LogP contribution is 2.13. The predicted molar refractivity (Wildman–Crippen MR) is 247 cm³/mol. The maximum Gasteiger partial charge on any atom is 0.362 e. The molecule has 1 N–H and O–H groups in total. The molecule has 0 aliphatic rings. The van der Waals surface area contributed by atoms with Gasteiger partial charge in [0, 0.05) is 19.3 Å². The number of carbonyl (C=O) groups excluding carboxylic acids is 2. The van der Waals surface area contributed by atoms with Crippen LogP contribution >= 0.6 is 0 Å². The van der Waals surface area contributed by atoms with E-state index in [2.05, 4.69) is 111 Å². The van der Waals surface area contributed by atoms with Crippen molar-refractivity contribution >= 4 is 17.9 Å². The Hall–Kier alpha value is -3.75. The monoisotopic (exact) mass is 823 g/mol. The fraction of sp³-hybridized carbons (Fsp3) is 0.627. The molecule has 0 amide bonds. The highest BCUT2D eigenvalue weighted by Gasteiger charge is 2.31. The molecule has 2 atom stereocenters. The van der Waals surface area contributed by atoms with Crippen molar-refractivity contribution < 1.29 is 38.2 Å². The van der Waals surface area contributed by atoms with Crippen LogP contribution in [-0.2, 0) is 28.6 Å². The molecule has 334 valence electrons. The average Bonchev–Trinajstić information content (AvgIpc) is 3.19. The van der Waals surface area contributed by atoms with Crippen molar-refractivity contribution in [2.24, 2.45) is 0 Å². The smallest absolute Gasteiger partial charge is 0.362 e. The van der Waals surface area contributed by atoms with Crippen molar-refractivity contribution in [1.82, 2.24) is 0 Å². The van der Waals surface area contributed by atoms with Gasteiger partial charge in [0.05, 0.1) is 34.4 Å². The zero-order chi connectivity index (χ0) is 43.5. The van der Waals surface area contributed by atoms with Crippen LogP contribution in [0, 0.1) is 0 Å². The number of quaternary nitrogens is 1. The van der Waals surface area contributed by atoms with E-state index in [1.54, 1.807) is 0 Å². The van der Waals surface area contributed by atoms with Crippen molar-refractivity contribution in [3.8, 4) is 0 Å². The maximum absolute atomic E-state index is 12.7. The van der Waals surface area contributed by atoms with Crippen LogP contribution in [0.15, 0.2) is 97.2 Å². The minimum atomic E-state index is -0.887. The normalized spacial score (nSPS) is 13.8. The molecule has 0 aromatic rings. The van der Waals surface area contributed by atoms with E-state index in [1.807, 2.05) is 21.1 Å². The van der Waals surface area contributed by atoms with Gasteiger partial charge in [-0.1, -0.05) is 143 Å². The van der Waals surface area contributed by atoms with Gasteiger partial charge in [0.2, 0.25) is 0 Å². The van der Waals surface area contributed by atoms with Crippen LogP contribution in [0.2, 0.25) is 0 Å². The summed E-state index contributed by atoms with van der Waals surface area (Å²) in [7, 11) is 5.50. The molecule has 0 rings (SSSR count). The fourth-order valence-corrected chi connectivity index (χ4v) is 6.01. The van der Waals surface area contributed by atoms with Crippen LogP contribution in [-0.4, -0.2) is 80.6 Å². The highest BCUT2D eigenvalue weighted by molar-refractivity contribution is 5.72. The van der Waals surface area contributed by atoms with E-state index in [9.17, 15) is 19.5 Å². The summed E-state index contributed by atoms with van der Waals surface area (Å²) < 4.78 is 17.2. The summed E-state index contributed by atoms with van der Waals surface area (Å²) >= 11 is 0. The standard InChI is InChI=1S/C51H83NO7/c1-6-8-10-12-14-16-18-20-22-23-24-25-26-27-28-30-31-33-35-37-39-41-49(53)58-46-47(45-57-44-43-48(51(55)56)52(3,4)5)59-50(54)42-40-38-36-34-32-29-21-19-17-15-13-11-9-7-2/h8-11,14-17,20,22,24-25,27-28,31,33,47-48H,6-7,12-13,18-19,21,23,26,29-30,32,34-46H2,1-5H3/p+1/b10-8+,11-9+,16-14+,17-15+,22-20+,25-24+,28-27+,33-31+. The van der Waals surface area contributed by atoms with Crippen LogP contribution in [0.4, 0.5) is 0 Å². The van der Waals surface area contributed by atoms with E-state index in [4.69, 9.17) is 14.2 Å². The third-order valence-electron chi connectivity index (χ3n) is 9.48. The number of hydrogen-bond donors (Lipinski definition) is 1. The molecule has 8 heteroatoms. The highest BCUT2D eigenvalue weighted by atomic mass is 16.6. The first-order valence-electron chi connectivity index (χ1n) is 22.8. The molecule has 59 heavy (non-hydrogen) atoms. The Kier molecular flexibility index (Phi) is 38.4. The molecule has 0 aliphatic heterocycles. The maximum atomic E-state index is 12.7. The number of likely N-dealkylation sites (N-methyl/N-ethyl adjacent to an activating group) is 1. The Morgan fingerprint density at radius 2 is 0.898 bits per heavy atom. The number of rotatable bonds is 39. The lowest BCUT2D eigenvalue weighted by Crippen LogP contribution is -2.50. The third-order valence-corrected chi connectivity index (χ3v) is 9.48. The quantitative estimate of drug-likeness (QED) is 0.0285. The minimum absolute atomic E-state index is 0.0375. The zero-order valence-corrected chi connectivity index (χ0v) is 37.9. The van der Waals surface area contributed by atoms with E-state index < -0.39 is 18.1 Å². The number of allylic oxidation sites excluding steroid dienone is 16. The zero-order valence-electron chi connectivity index (χ0n) is 37.9. The molecule has 0 saturated carbocycles. The van der Waals surface area contributed by atoms with E-state index in [0.717, 1.165) is 96.3 Å². The molecule has 0 spiro atoms. The molecule has 0 aromatic carbocycles. The van der Waals surface area contributed by atoms with Gasteiger partial charge in [-0.15, -0.1) is 0 Å². The van der Waals surface area contributed by atoms with Gasteiger partial charge in [-0.2, -0.15) is 0 Å². The Morgan fingerprint density at radius 1 is 0.508 bits per heavy atom. The Labute approximate surface area is 360 Å². The van der Waals surface area contributed by atoms with Gasteiger partial charge in [0.1, 0.15) is 6.61 Å². The van der Waals surface area contributed by atoms with Crippen molar-refractivity contribution in [2.75, 3.05) is 41.0 Å². The van der Waals surface area contributed by atoms with Gasteiger partial charge in [-0.05, 0) is 89.9 Å². The van der Waals surface area contributed by atoms with Crippen LogP contribution in [0.25, 0.3) is 0 Å². The summed E-state index contributed by atoms with van der Waals surface area (Å²) in [4.78, 5) is 37.0. The van der Waals surface area contributed by atoms with E-state index in [-0.39, 0.29) is 36.2 Å². The van der Waals surface area contributed by atoms with Crippen molar-refractivity contribution in [3.05, 3.63) is 97.2 Å². The van der Waals surface area contributed by atoms with Gasteiger partial charge in [0.25, 0.3) is 0 Å². The lowest BCUT2D eigenvalue weighted by Gasteiger charge is -2.31. The van der Waals surface area contributed by atoms with Gasteiger partial charge in [-0.25, -0.2) is 4.79 Å². The molecule has 2 unspecified atom stereocenters. The minimum Gasteiger partial charge on any atom is -0.477 e. The summed E-state index contributed by atoms with van der Waals surface area (Å²) in [6.07, 6.45) is 54.5. The number of ether oxygens (including phenoxy) is 3. The molecule has 0 aliphatic carbocycles. The van der Waals surface area contributed by atoms with Crippen LogP contribution in [0.3, 0.4) is 0 Å². The fourth-order valence-electron chi connectivity index (χ4n) is 6.01. The first kappa shape index (κ1) is 55.2. The van der Waals surface area contributed by atoms with E-state index in [1.165, 1.54) is 19.3 Å².